The van der Waals surface area contributed by atoms with Gasteiger partial charge in [0.15, 0.2) is 5.65 Å². The molecule has 0 saturated carbocycles. The van der Waals surface area contributed by atoms with Crippen molar-refractivity contribution in [2.24, 2.45) is 0 Å². The predicted octanol–water partition coefficient (Wildman–Crippen LogP) is 4.36. The summed E-state index contributed by atoms with van der Waals surface area (Å²) in [4.78, 5) is 18.3. The SMILES string of the molecule is Cc1nn(-c2ccccc2)c2c1[C@H](c1cccnc1)c1c(ncn3nc(-c4ccccn4)nc13)O2. The number of aromatic nitrogens is 8. The van der Waals surface area contributed by atoms with Gasteiger partial charge in [-0.05, 0) is 42.8 Å². The molecule has 1 aliphatic heterocycles. The van der Waals surface area contributed by atoms with E-state index in [1.54, 1.807) is 23.2 Å². The fraction of sp³-hybridized carbons (Fsp3) is 0.0769. The molecule has 9 nitrogen and oxygen atoms in total. The van der Waals surface area contributed by atoms with Crippen molar-refractivity contribution in [2.45, 2.75) is 12.8 Å². The maximum absolute atomic E-state index is 6.43. The van der Waals surface area contributed by atoms with Crippen LogP contribution in [0.2, 0.25) is 0 Å². The molecule has 6 aromatic rings. The summed E-state index contributed by atoms with van der Waals surface area (Å²) in [5.74, 6) is 1.39. The lowest BCUT2D eigenvalue weighted by atomic mass is 9.85. The quantitative estimate of drug-likeness (QED) is 0.388. The topological polar surface area (TPSA) is 95.9 Å². The van der Waals surface area contributed by atoms with Crippen molar-refractivity contribution in [1.82, 2.24) is 39.3 Å². The molecule has 7 rings (SSSR count). The fourth-order valence-corrected chi connectivity index (χ4v) is 4.61. The Bertz CT molecular complexity index is 1680. The van der Waals surface area contributed by atoms with E-state index >= 15 is 0 Å². The average molecular weight is 458 g/mol. The first-order valence-corrected chi connectivity index (χ1v) is 11.2. The maximum atomic E-state index is 6.43. The molecule has 35 heavy (non-hydrogen) atoms. The minimum Gasteiger partial charge on any atom is -0.420 e. The molecule has 168 valence electrons. The molecule has 0 bridgehead atoms. The van der Waals surface area contributed by atoms with Crippen molar-refractivity contribution in [3.63, 3.8) is 0 Å². The number of hydrogen-bond donors (Lipinski definition) is 0. The molecule has 5 aromatic heterocycles. The zero-order valence-electron chi connectivity index (χ0n) is 18.6. The van der Waals surface area contributed by atoms with E-state index in [4.69, 9.17) is 14.8 Å². The van der Waals surface area contributed by atoms with E-state index in [0.29, 0.717) is 28.9 Å². The molecule has 0 saturated heterocycles. The van der Waals surface area contributed by atoms with Gasteiger partial charge in [0.25, 0.3) is 0 Å². The van der Waals surface area contributed by atoms with Crippen LogP contribution in [0.5, 0.6) is 11.8 Å². The van der Waals surface area contributed by atoms with Crippen molar-refractivity contribution >= 4 is 5.65 Å². The number of para-hydroxylation sites is 1. The van der Waals surface area contributed by atoms with Crippen LogP contribution in [0.25, 0.3) is 22.9 Å². The second-order valence-corrected chi connectivity index (χ2v) is 8.25. The first kappa shape index (κ1) is 19.5. The van der Waals surface area contributed by atoms with Crippen LogP contribution in [0.15, 0.2) is 85.6 Å². The molecule has 0 radical (unpaired) electrons. The summed E-state index contributed by atoms with van der Waals surface area (Å²) < 4.78 is 9.93. The van der Waals surface area contributed by atoms with Gasteiger partial charge in [-0.15, -0.1) is 5.10 Å². The lowest BCUT2D eigenvalue weighted by Crippen LogP contribution is -2.16. The normalized spacial score (nSPS) is 14.4. The van der Waals surface area contributed by atoms with E-state index < -0.39 is 0 Å². The summed E-state index contributed by atoms with van der Waals surface area (Å²) in [5, 5.41) is 9.48. The van der Waals surface area contributed by atoms with E-state index in [9.17, 15) is 0 Å². The Hall–Kier alpha value is -4.92. The van der Waals surface area contributed by atoms with Crippen molar-refractivity contribution in [3.8, 4) is 29.0 Å². The molecular weight excluding hydrogens is 440 g/mol. The highest BCUT2D eigenvalue weighted by Crippen LogP contribution is 2.49. The van der Waals surface area contributed by atoms with E-state index in [-0.39, 0.29) is 5.92 Å². The summed E-state index contributed by atoms with van der Waals surface area (Å²) in [6, 6.07) is 19.6. The Balaban J connectivity index is 1.50. The highest BCUT2D eigenvalue weighted by molar-refractivity contribution is 5.68. The van der Waals surface area contributed by atoms with Gasteiger partial charge in [-0.3, -0.25) is 9.97 Å². The second-order valence-electron chi connectivity index (χ2n) is 8.25. The van der Waals surface area contributed by atoms with Crippen LogP contribution in [0.4, 0.5) is 0 Å². The fourth-order valence-electron chi connectivity index (χ4n) is 4.61. The van der Waals surface area contributed by atoms with Gasteiger partial charge in [0.1, 0.15) is 12.0 Å². The summed E-state index contributed by atoms with van der Waals surface area (Å²) >= 11 is 0. The van der Waals surface area contributed by atoms with Crippen LogP contribution in [0.1, 0.15) is 28.3 Å². The zero-order valence-corrected chi connectivity index (χ0v) is 18.6. The molecule has 1 aliphatic rings. The molecule has 1 atom stereocenters. The van der Waals surface area contributed by atoms with Gasteiger partial charge in [0, 0.05) is 18.6 Å². The standard InChI is InChI=1S/C26H18N8O/c1-16-20-21(17-8-7-12-27-14-17)22-24-30-23(19-11-5-6-13-28-19)32-33(24)15-29-25(22)35-26(20)34(31-16)18-9-3-2-4-10-18/h2-15,21H,1H3/t21-/m0/s1. The Morgan fingerprint density at radius 2 is 1.74 bits per heavy atom. The molecule has 0 unspecified atom stereocenters. The van der Waals surface area contributed by atoms with Gasteiger partial charge in [0.2, 0.25) is 17.6 Å². The Labute approximate surface area is 199 Å². The highest BCUT2D eigenvalue weighted by atomic mass is 16.5. The smallest absolute Gasteiger partial charge is 0.230 e. The Morgan fingerprint density at radius 3 is 2.54 bits per heavy atom. The molecule has 9 heteroatoms. The van der Waals surface area contributed by atoms with Gasteiger partial charge in [-0.1, -0.05) is 30.3 Å². The van der Waals surface area contributed by atoms with Gasteiger partial charge < -0.3 is 4.74 Å². The number of pyridine rings is 2. The first-order chi connectivity index (χ1) is 17.3. The van der Waals surface area contributed by atoms with Crippen LogP contribution >= 0.6 is 0 Å². The van der Waals surface area contributed by atoms with Gasteiger partial charge in [-0.25, -0.2) is 19.2 Å². The molecular formula is C26H18N8O. The van der Waals surface area contributed by atoms with Crippen LogP contribution in [-0.2, 0) is 0 Å². The van der Waals surface area contributed by atoms with E-state index in [1.165, 1.54) is 0 Å². The minimum atomic E-state index is -0.239. The Kier molecular flexibility index (Phi) is 4.22. The van der Waals surface area contributed by atoms with Gasteiger partial charge in [-0.2, -0.15) is 5.10 Å². The summed E-state index contributed by atoms with van der Waals surface area (Å²) in [6.45, 7) is 1.99. The molecule has 1 aromatic carbocycles. The summed E-state index contributed by atoms with van der Waals surface area (Å²) in [5.41, 5.74) is 5.87. The number of rotatable bonds is 3. The van der Waals surface area contributed by atoms with E-state index in [0.717, 1.165) is 28.1 Å². The molecule has 0 N–H and O–H groups in total. The van der Waals surface area contributed by atoms with Crippen LogP contribution < -0.4 is 4.74 Å². The van der Waals surface area contributed by atoms with Gasteiger partial charge in [0.05, 0.1) is 28.4 Å². The molecule has 0 fully saturated rings. The number of hydrogen-bond acceptors (Lipinski definition) is 7. The number of ether oxygens (including phenoxy) is 1. The first-order valence-electron chi connectivity index (χ1n) is 11.2. The molecule has 6 heterocycles. The maximum Gasteiger partial charge on any atom is 0.230 e. The van der Waals surface area contributed by atoms with Crippen molar-refractivity contribution in [3.05, 3.63) is 108 Å². The van der Waals surface area contributed by atoms with E-state index in [2.05, 4.69) is 26.1 Å². The van der Waals surface area contributed by atoms with Gasteiger partial charge >= 0.3 is 0 Å². The Morgan fingerprint density at radius 1 is 0.857 bits per heavy atom. The average Bonchev–Trinajstić information content (AvgIpc) is 3.50. The highest BCUT2D eigenvalue weighted by Gasteiger charge is 2.38. The van der Waals surface area contributed by atoms with Crippen molar-refractivity contribution in [1.29, 1.82) is 0 Å². The van der Waals surface area contributed by atoms with Crippen LogP contribution in [-0.4, -0.2) is 39.3 Å². The molecule has 0 spiro atoms. The number of nitrogens with zero attached hydrogens (tertiary/aromatic N) is 8. The monoisotopic (exact) mass is 458 g/mol. The third kappa shape index (κ3) is 3.02. The largest absolute Gasteiger partial charge is 0.420 e. The summed E-state index contributed by atoms with van der Waals surface area (Å²) in [6.07, 6.45) is 6.97. The second kappa shape index (κ2) is 7.56. The summed E-state index contributed by atoms with van der Waals surface area (Å²) in [7, 11) is 0. The van der Waals surface area contributed by atoms with Crippen molar-refractivity contribution < 1.29 is 4.74 Å². The molecule has 0 aliphatic carbocycles. The third-order valence-electron chi connectivity index (χ3n) is 6.13. The third-order valence-corrected chi connectivity index (χ3v) is 6.13. The lowest BCUT2D eigenvalue weighted by Gasteiger charge is -2.26. The lowest BCUT2D eigenvalue weighted by molar-refractivity contribution is 0.402. The van der Waals surface area contributed by atoms with Crippen LogP contribution in [0.3, 0.4) is 0 Å². The zero-order chi connectivity index (χ0) is 23.4. The van der Waals surface area contributed by atoms with Crippen LogP contribution in [0, 0.1) is 6.92 Å². The minimum absolute atomic E-state index is 0.239. The molecule has 0 amide bonds. The van der Waals surface area contributed by atoms with E-state index in [1.807, 2.05) is 72.4 Å². The van der Waals surface area contributed by atoms with Crippen molar-refractivity contribution in [2.75, 3.05) is 0 Å². The number of benzene rings is 1. The number of aryl methyl sites for hydroxylation is 1. The number of fused-ring (bicyclic) bond motifs is 4. The predicted molar refractivity (Wildman–Crippen MR) is 128 cm³/mol.